The normalized spacial score (nSPS) is 13.8. The lowest BCUT2D eigenvalue weighted by Gasteiger charge is -2.22. The maximum absolute atomic E-state index is 2.51. The van der Waals surface area contributed by atoms with Crippen LogP contribution < -0.4 is 0 Å². The fourth-order valence-corrected chi connectivity index (χ4v) is 9.35. The molecular formula is C47H31N. The molecule has 0 aliphatic heterocycles. The molecule has 1 aromatic heterocycles. The molecule has 0 bridgehead atoms. The van der Waals surface area contributed by atoms with Crippen molar-refractivity contribution in [2.45, 2.75) is 19.3 Å². The van der Waals surface area contributed by atoms with Crippen LogP contribution in [0.25, 0.3) is 93.5 Å². The summed E-state index contributed by atoms with van der Waals surface area (Å²) < 4.78 is 2.51. The highest BCUT2D eigenvalue weighted by Crippen LogP contribution is 2.54. The Bertz CT molecular complexity index is 2830. The van der Waals surface area contributed by atoms with Gasteiger partial charge in [0.1, 0.15) is 0 Å². The fraction of sp³-hybridized carbons (Fsp3) is 0.0638. The smallest absolute Gasteiger partial charge is 0.0544 e. The molecule has 0 amide bonds. The van der Waals surface area contributed by atoms with Crippen LogP contribution in [0.5, 0.6) is 0 Å². The minimum Gasteiger partial charge on any atom is -0.309 e. The average molecular weight is 610 g/mol. The highest BCUT2D eigenvalue weighted by Gasteiger charge is 2.38. The number of nitrogens with zero attached hydrogens (tertiary/aromatic N) is 1. The average Bonchev–Trinajstić information content (AvgIpc) is 3.73. The van der Waals surface area contributed by atoms with E-state index in [-0.39, 0.29) is 5.41 Å². The molecule has 0 saturated heterocycles. The molecule has 1 heterocycles. The molecule has 2 aliphatic carbocycles. The van der Waals surface area contributed by atoms with Crippen molar-refractivity contribution in [1.29, 1.82) is 0 Å². The van der Waals surface area contributed by atoms with Gasteiger partial charge in [0.05, 0.1) is 16.7 Å². The van der Waals surface area contributed by atoms with Gasteiger partial charge in [-0.15, -0.1) is 0 Å². The molecule has 0 saturated carbocycles. The van der Waals surface area contributed by atoms with Gasteiger partial charge in [0.15, 0.2) is 0 Å². The molecular weight excluding hydrogens is 579 g/mol. The second-order valence-corrected chi connectivity index (χ2v) is 14.0. The van der Waals surface area contributed by atoms with Crippen molar-refractivity contribution < 1.29 is 0 Å². The Hall–Kier alpha value is -5.92. The van der Waals surface area contributed by atoms with Gasteiger partial charge in [0, 0.05) is 21.6 Å². The molecule has 1 heteroatoms. The lowest BCUT2D eigenvalue weighted by molar-refractivity contribution is 0.666. The lowest BCUT2D eigenvalue weighted by Crippen LogP contribution is -2.15. The highest BCUT2D eigenvalue weighted by atomic mass is 15.0. The Morgan fingerprint density at radius 3 is 1.75 bits per heavy atom. The third-order valence-electron chi connectivity index (χ3n) is 11.3. The van der Waals surface area contributed by atoms with Crippen molar-refractivity contribution in [2.24, 2.45) is 0 Å². The molecule has 11 rings (SSSR count). The van der Waals surface area contributed by atoms with Crippen LogP contribution >= 0.6 is 0 Å². The molecule has 1 nitrogen and oxygen atoms in total. The Kier molecular flexibility index (Phi) is 4.97. The van der Waals surface area contributed by atoms with Gasteiger partial charge in [0.25, 0.3) is 0 Å². The SMILES string of the molecule is CC1(C)c2ccccc2-c2ccc3c(c21)c1ccccc1n3-c1ccc(-c2ccc3c4c(cccc24)-c2ccccc2-3)c2ccccc12. The van der Waals surface area contributed by atoms with E-state index in [0.29, 0.717) is 0 Å². The van der Waals surface area contributed by atoms with Crippen LogP contribution in [-0.2, 0) is 5.41 Å². The van der Waals surface area contributed by atoms with Crippen LogP contribution in [0.1, 0.15) is 25.0 Å². The van der Waals surface area contributed by atoms with E-state index in [1.54, 1.807) is 0 Å². The molecule has 0 unspecified atom stereocenters. The van der Waals surface area contributed by atoms with Crippen LogP contribution in [0.2, 0.25) is 0 Å². The first-order valence-electron chi connectivity index (χ1n) is 17.0. The minimum absolute atomic E-state index is 0.0955. The Labute approximate surface area is 279 Å². The number of hydrogen-bond donors (Lipinski definition) is 0. The molecule has 0 spiro atoms. The van der Waals surface area contributed by atoms with Crippen molar-refractivity contribution in [3.63, 3.8) is 0 Å². The Balaban J connectivity index is 1.19. The van der Waals surface area contributed by atoms with Crippen LogP contribution in [-0.4, -0.2) is 4.57 Å². The molecule has 9 aromatic rings. The van der Waals surface area contributed by atoms with Crippen molar-refractivity contribution in [2.75, 3.05) is 0 Å². The molecule has 0 radical (unpaired) electrons. The van der Waals surface area contributed by atoms with E-state index in [0.717, 1.165) is 0 Å². The second-order valence-electron chi connectivity index (χ2n) is 14.0. The first-order chi connectivity index (χ1) is 23.6. The summed E-state index contributed by atoms with van der Waals surface area (Å²) in [6.07, 6.45) is 0. The number of hydrogen-bond acceptors (Lipinski definition) is 0. The van der Waals surface area contributed by atoms with E-state index < -0.39 is 0 Å². The summed E-state index contributed by atoms with van der Waals surface area (Å²) in [7, 11) is 0. The predicted molar refractivity (Wildman–Crippen MR) is 203 cm³/mol. The van der Waals surface area contributed by atoms with E-state index >= 15 is 0 Å². The molecule has 224 valence electrons. The second kappa shape index (κ2) is 9.12. The first-order valence-corrected chi connectivity index (χ1v) is 17.0. The number of benzene rings is 8. The highest BCUT2D eigenvalue weighted by molar-refractivity contribution is 6.21. The summed E-state index contributed by atoms with van der Waals surface area (Å²) in [5.74, 6) is 0. The lowest BCUT2D eigenvalue weighted by atomic mass is 9.80. The summed E-state index contributed by atoms with van der Waals surface area (Å²) in [4.78, 5) is 0. The van der Waals surface area contributed by atoms with Gasteiger partial charge in [-0.1, -0.05) is 147 Å². The van der Waals surface area contributed by atoms with E-state index in [9.17, 15) is 0 Å². The topological polar surface area (TPSA) is 4.93 Å². The Morgan fingerprint density at radius 1 is 0.354 bits per heavy atom. The third kappa shape index (κ3) is 3.16. The maximum Gasteiger partial charge on any atom is 0.0544 e. The van der Waals surface area contributed by atoms with Gasteiger partial charge in [-0.3, -0.25) is 0 Å². The van der Waals surface area contributed by atoms with E-state index in [4.69, 9.17) is 0 Å². The van der Waals surface area contributed by atoms with Crippen molar-refractivity contribution in [1.82, 2.24) is 4.57 Å². The zero-order chi connectivity index (χ0) is 31.7. The van der Waals surface area contributed by atoms with Crippen molar-refractivity contribution >= 4 is 43.4 Å². The van der Waals surface area contributed by atoms with Crippen LogP contribution in [0.3, 0.4) is 0 Å². The molecule has 48 heavy (non-hydrogen) atoms. The molecule has 0 atom stereocenters. The van der Waals surface area contributed by atoms with Gasteiger partial charge in [-0.05, 0) is 90.0 Å². The number of para-hydroxylation sites is 1. The minimum atomic E-state index is -0.0955. The number of rotatable bonds is 2. The molecule has 0 fully saturated rings. The van der Waals surface area contributed by atoms with Gasteiger partial charge < -0.3 is 4.57 Å². The zero-order valence-electron chi connectivity index (χ0n) is 26.9. The molecule has 2 aliphatic rings. The largest absolute Gasteiger partial charge is 0.309 e. The number of aromatic nitrogens is 1. The molecule has 8 aromatic carbocycles. The van der Waals surface area contributed by atoms with Crippen molar-refractivity contribution in [3.8, 4) is 50.2 Å². The fourth-order valence-electron chi connectivity index (χ4n) is 9.35. The van der Waals surface area contributed by atoms with Gasteiger partial charge in [-0.25, -0.2) is 0 Å². The summed E-state index contributed by atoms with van der Waals surface area (Å²) in [5.41, 5.74) is 17.1. The molecule has 0 N–H and O–H groups in total. The van der Waals surface area contributed by atoms with E-state index in [1.165, 1.54) is 105 Å². The quantitative estimate of drug-likeness (QED) is 0.184. The predicted octanol–water partition coefficient (Wildman–Crippen LogP) is 12.7. The van der Waals surface area contributed by atoms with E-state index in [2.05, 4.69) is 170 Å². The van der Waals surface area contributed by atoms with Gasteiger partial charge in [0.2, 0.25) is 0 Å². The Morgan fingerprint density at radius 2 is 0.917 bits per heavy atom. The summed E-state index contributed by atoms with van der Waals surface area (Å²) in [6.45, 7) is 4.79. The van der Waals surface area contributed by atoms with Crippen LogP contribution in [0.15, 0.2) is 152 Å². The maximum atomic E-state index is 2.51. The monoisotopic (exact) mass is 609 g/mol. The number of fused-ring (bicyclic) bond motifs is 11. The summed E-state index contributed by atoms with van der Waals surface area (Å²) >= 11 is 0. The van der Waals surface area contributed by atoms with Gasteiger partial charge >= 0.3 is 0 Å². The zero-order valence-corrected chi connectivity index (χ0v) is 26.9. The standard InChI is InChI=1S/C47H31N/c1-47(2)40-20-9-7-15-33(40)38-25-27-43-45(46(38)47)39-17-8-10-21-41(39)48(43)42-26-24-31(28-12-5-6-16-34(28)42)32-22-23-37-30-14-4-3-13-29(30)35-18-11-19-36(32)44(35)37/h3-27H,1-2H3. The van der Waals surface area contributed by atoms with Gasteiger partial charge in [-0.2, -0.15) is 0 Å². The van der Waals surface area contributed by atoms with Crippen LogP contribution in [0.4, 0.5) is 0 Å². The summed E-state index contributed by atoms with van der Waals surface area (Å²) in [6, 6.07) is 56.7. The summed E-state index contributed by atoms with van der Waals surface area (Å²) in [5, 5.41) is 7.88. The van der Waals surface area contributed by atoms with E-state index in [1.807, 2.05) is 0 Å². The van der Waals surface area contributed by atoms with Crippen LogP contribution in [0, 0.1) is 0 Å². The third-order valence-corrected chi connectivity index (χ3v) is 11.3. The first kappa shape index (κ1) is 26.2. The van der Waals surface area contributed by atoms with Crippen molar-refractivity contribution in [3.05, 3.63) is 163 Å².